The molecule has 2 rings (SSSR count). The molecule has 1 aliphatic rings. The molecule has 4 heteroatoms. The second-order valence-electron chi connectivity index (χ2n) is 7.51. The number of hydrogen-bond donors (Lipinski definition) is 1. The summed E-state index contributed by atoms with van der Waals surface area (Å²) in [6.45, 7) is 7.54. The van der Waals surface area contributed by atoms with Crippen molar-refractivity contribution in [1.82, 2.24) is 4.90 Å². The highest BCUT2D eigenvalue weighted by molar-refractivity contribution is 6.30. The van der Waals surface area contributed by atoms with Crippen molar-refractivity contribution in [3.05, 3.63) is 28.8 Å². The van der Waals surface area contributed by atoms with E-state index in [-0.39, 0.29) is 0 Å². The molecule has 1 fully saturated rings. The van der Waals surface area contributed by atoms with E-state index in [1.54, 1.807) is 0 Å². The molecule has 1 aliphatic heterocycles. The Morgan fingerprint density at radius 3 is 2.56 bits per heavy atom. The van der Waals surface area contributed by atoms with Gasteiger partial charge in [-0.25, -0.2) is 0 Å². The Kier molecular flexibility index (Phi) is 8.54. The second-order valence-corrected chi connectivity index (χ2v) is 7.95. The van der Waals surface area contributed by atoms with Gasteiger partial charge in [0, 0.05) is 17.1 Å². The summed E-state index contributed by atoms with van der Waals surface area (Å²) in [5.74, 6) is 0.766. The predicted molar refractivity (Wildman–Crippen MR) is 106 cm³/mol. The number of β-amino-alcohol motifs (C(OH)–C–C–N with tert-alkyl or cyclic N) is 1. The Balaban J connectivity index is 1.98. The Morgan fingerprint density at radius 2 is 1.84 bits per heavy atom. The third-order valence-electron chi connectivity index (χ3n) is 5.01. The monoisotopic (exact) mass is 367 g/mol. The van der Waals surface area contributed by atoms with Crippen LogP contribution in [-0.4, -0.2) is 36.2 Å². The van der Waals surface area contributed by atoms with Gasteiger partial charge in [-0.15, -0.1) is 0 Å². The Bertz CT molecular complexity index is 513. The highest BCUT2D eigenvalue weighted by Gasteiger charge is 2.30. The molecule has 1 saturated heterocycles. The van der Waals surface area contributed by atoms with Gasteiger partial charge in [0.1, 0.15) is 11.4 Å². The third kappa shape index (κ3) is 6.80. The third-order valence-corrected chi connectivity index (χ3v) is 5.24. The van der Waals surface area contributed by atoms with Gasteiger partial charge in [-0.3, -0.25) is 0 Å². The minimum atomic E-state index is -0.959. The average molecular weight is 368 g/mol. The minimum absolute atomic E-state index is 0.625. The molecule has 1 heterocycles. The Morgan fingerprint density at radius 1 is 1.12 bits per heavy atom. The summed E-state index contributed by atoms with van der Waals surface area (Å²) >= 11 is 6.20. The summed E-state index contributed by atoms with van der Waals surface area (Å²) in [5.41, 5.74) is -0.154. The van der Waals surface area contributed by atoms with Gasteiger partial charge in [0.25, 0.3) is 0 Å². The van der Waals surface area contributed by atoms with Crippen molar-refractivity contribution in [3.63, 3.8) is 0 Å². The zero-order chi connectivity index (χ0) is 18.1. The van der Waals surface area contributed by atoms with Crippen molar-refractivity contribution < 1.29 is 9.84 Å². The fourth-order valence-electron chi connectivity index (χ4n) is 3.57. The van der Waals surface area contributed by atoms with Crippen molar-refractivity contribution in [3.8, 4) is 5.75 Å². The lowest BCUT2D eigenvalue weighted by molar-refractivity contribution is 0.00830. The number of nitrogens with zero attached hydrogens (tertiary/aromatic N) is 1. The summed E-state index contributed by atoms with van der Waals surface area (Å²) in [6, 6.07) is 5.60. The number of piperidine rings is 1. The summed E-state index contributed by atoms with van der Waals surface area (Å²) < 4.78 is 6.01. The molecule has 0 saturated carbocycles. The van der Waals surface area contributed by atoms with E-state index in [1.807, 2.05) is 25.1 Å². The number of rotatable bonds is 10. The van der Waals surface area contributed by atoms with E-state index in [0.29, 0.717) is 18.2 Å². The van der Waals surface area contributed by atoms with Crippen LogP contribution in [0.15, 0.2) is 18.2 Å². The van der Waals surface area contributed by atoms with Crippen LogP contribution in [0.2, 0.25) is 5.02 Å². The minimum Gasteiger partial charge on any atom is -0.493 e. The van der Waals surface area contributed by atoms with Gasteiger partial charge in [0.2, 0.25) is 0 Å². The molecule has 0 radical (unpaired) electrons. The van der Waals surface area contributed by atoms with Crippen LogP contribution >= 0.6 is 11.6 Å². The van der Waals surface area contributed by atoms with Crippen LogP contribution in [0.4, 0.5) is 0 Å². The molecular weight excluding hydrogens is 334 g/mol. The first-order valence-electron chi connectivity index (χ1n) is 9.90. The number of aliphatic hydroxyl groups is 1. The summed E-state index contributed by atoms with van der Waals surface area (Å²) in [4.78, 5) is 2.35. The molecule has 3 nitrogen and oxygen atoms in total. The topological polar surface area (TPSA) is 32.7 Å². The highest BCUT2D eigenvalue weighted by atomic mass is 35.5. The van der Waals surface area contributed by atoms with Gasteiger partial charge in [-0.1, -0.05) is 50.6 Å². The number of halogens is 1. The number of benzene rings is 1. The lowest BCUT2D eigenvalue weighted by Crippen LogP contribution is -2.41. The van der Waals surface area contributed by atoms with Gasteiger partial charge in [-0.05, 0) is 57.5 Å². The first-order valence-corrected chi connectivity index (χ1v) is 10.3. The molecule has 142 valence electrons. The van der Waals surface area contributed by atoms with E-state index in [0.717, 1.165) is 30.8 Å². The molecule has 25 heavy (non-hydrogen) atoms. The van der Waals surface area contributed by atoms with Crippen molar-refractivity contribution >= 4 is 11.6 Å². The first kappa shape index (κ1) is 20.5. The van der Waals surface area contributed by atoms with Crippen LogP contribution < -0.4 is 4.74 Å². The quantitative estimate of drug-likeness (QED) is 0.563. The van der Waals surface area contributed by atoms with E-state index in [2.05, 4.69) is 11.8 Å². The van der Waals surface area contributed by atoms with E-state index >= 15 is 0 Å². The van der Waals surface area contributed by atoms with Gasteiger partial charge in [0.15, 0.2) is 0 Å². The SMILES string of the molecule is CCCCCCCOc1ccc(Cl)cc1C(C)(O)CN1CCCCC1. The molecule has 1 N–H and O–H groups in total. The maximum atomic E-state index is 11.1. The van der Waals surface area contributed by atoms with Crippen LogP contribution in [-0.2, 0) is 5.60 Å². The average Bonchev–Trinajstić information content (AvgIpc) is 2.59. The van der Waals surface area contributed by atoms with Crippen LogP contribution in [0.25, 0.3) is 0 Å². The molecule has 0 aliphatic carbocycles. The smallest absolute Gasteiger partial charge is 0.125 e. The maximum absolute atomic E-state index is 11.1. The van der Waals surface area contributed by atoms with Crippen molar-refractivity contribution in [2.24, 2.45) is 0 Å². The summed E-state index contributed by atoms with van der Waals surface area (Å²) in [7, 11) is 0. The highest BCUT2D eigenvalue weighted by Crippen LogP contribution is 2.34. The number of unbranched alkanes of at least 4 members (excludes halogenated alkanes) is 4. The van der Waals surface area contributed by atoms with Gasteiger partial charge >= 0.3 is 0 Å². The number of ether oxygens (including phenoxy) is 1. The fraction of sp³-hybridized carbons (Fsp3) is 0.714. The van der Waals surface area contributed by atoms with Crippen molar-refractivity contribution in [1.29, 1.82) is 0 Å². The Hall–Kier alpha value is -0.770. The summed E-state index contributed by atoms with van der Waals surface area (Å²) in [6.07, 6.45) is 9.78. The van der Waals surface area contributed by atoms with E-state index in [9.17, 15) is 5.11 Å². The van der Waals surface area contributed by atoms with E-state index < -0.39 is 5.60 Å². The molecule has 1 aromatic carbocycles. The molecule has 1 unspecified atom stereocenters. The molecule has 0 bridgehead atoms. The molecule has 1 atom stereocenters. The fourth-order valence-corrected chi connectivity index (χ4v) is 3.75. The molecule has 0 spiro atoms. The van der Waals surface area contributed by atoms with Crippen LogP contribution in [0, 0.1) is 0 Å². The lowest BCUT2D eigenvalue weighted by Gasteiger charge is -2.35. The zero-order valence-corrected chi connectivity index (χ0v) is 16.7. The zero-order valence-electron chi connectivity index (χ0n) is 15.9. The van der Waals surface area contributed by atoms with E-state index in [4.69, 9.17) is 16.3 Å². The van der Waals surface area contributed by atoms with E-state index in [1.165, 1.54) is 44.9 Å². The largest absolute Gasteiger partial charge is 0.493 e. The lowest BCUT2D eigenvalue weighted by atomic mass is 9.93. The number of hydrogen-bond acceptors (Lipinski definition) is 3. The normalized spacial score (nSPS) is 18.1. The molecule has 0 amide bonds. The molecule has 0 aromatic heterocycles. The van der Waals surface area contributed by atoms with Gasteiger partial charge in [-0.2, -0.15) is 0 Å². The van der Waals surface area contributed by atoms with Crippen LogP contribution in [0.3, 0.4) is 0 Å². The summed E-state index contributed by atoms with van der Waals surface area (Å²) in [5, 5.41) is 11.8. The maximum Gasteiger partial charge on any atom is 0.125 e. The van der Waals surface area contributed by atoms with Crippen molar-refractivity contribution in [2.45, 2.75) is 70.8 Å². The van der Waals surface area contributed by atoms with Crippen LogP contribution in [0.5, 0.6) is 5.75 Å². The van der Waals surface area contributed by atoms with Gasteiger partial charge < -0.3 is 14.7 Å². The second kappa shape index (κ2) is 10.4. The van der Waals surface area contributed by atoms with Crippen molar-refractivity contribution in [2.75, 3.05) is 26.2 Å². The Labute approximate surface area is 158 Å². The standard InChI is InChI=1S/C21H34ClNO2/c1-3-4-5-6-10-15-25-20-12-11-18(22)16-19(20)21(2,24)17-23-13-8-7-9-14-23/h11-12,16,24H,3-10,13-15,17H2,1-2H3. The molecule has 1 aromatic rings. The predicted octanol–water partition coefficient (Wildman–Crippen LogP) is 5.38. The first-order chi connectivity index (χ1) is 12.0. The van der Waals surface area contributed by atoms with Crippen LogP contribution in [0.1, 0.15) is 70.8 Å². The molecular formula is C21H34ClNO2. The number of likely N-dealkylation sites (tertiary alicyclic amines) is 1. The van der Waals surface area contributed by atoms with Gasteiger partial charge in [0.05, 0.1) is 6.61 Å².